The lowest BCUT2D eigenvalue weighted by molar-refractivity contribution is 0.521. The van der Waals surface area contributed by atoms with Gasteiger partial charge in [-0.05, 0) is 67.9 Å². The molecular weight excluding hydrogens is 468 g/mol. The summed E-state index contributed by atoms with van der Waals surface area (Å²) in [6, 6.07) is 51.9. The van der Waals surface area contributed by atoms with Gasteiger partial charge in [-0.3, -0.25) is 0 Å². The van der Waals surface area contributed by atoms with Gasteiger partial charge in [-0.2, -0.15) is 0 Å². The minimum absolute atomic E-state index is 0.272. The zero-order valence-corrected chi connectivity index (χ0v) is 23.6. The summed E-state index contributed by atoms with van der Waals surface area (Å²) in [6.07, 6.45) is 1.03. The predicted octanol–water partition coefficient (Wildman–Crippen LogP) is 10.7. The van der Waals surface area contributed by atoms with E-state index in [1.165, 1.54) is 49.4 Å². The standard InChI is InChI=1S/C35H26.2C2H6/c1-2-12-27(13-3-1)34-24-30-16-8-9-17-33(30)35(34,31-20-18-25-10-4-6-14-28(25)22-31)32-21-19-26-11-5-7-15-29(26)23-32;2*1-2/h1-23,34H,24H2;2*1-2H3. The molecule has 6 aromatic carbocycles. The van der Waals surface area contributed by atoms with Crippen LogP contribution in [-0.4, -0.2) is 0 Å². The predicted molar refractivity (Wildman–Crippen MR) is 170 cm³/mol. The Kier molecular flexibility index (Phi) is 7.94. The van der Waals surface area contributed by atoms with E-state index in [1.807, 2.05) is 27.7 Å². The summed E-state index contributed by atoms with van der Waals surface area (Å²) in [5.74, 6) is 0.309. The van der Waals surface area contributed by atoms with Crippen molar-refractivity contribution in [2.75, 3.05) is 0 Å². The fourth-order valence-electron chi connectivity index (χ4n) is 6.45. The van der Waals surface area contributed by atoms with Gasteiger partial charge in [-0.25, -0.2) is 0 Å². The number of benzene rings is 6. The highest BCUT2D eigenvalue weighted by Gasteiger charge is 2.49. The molecule has 194 valence electrons. The second kappa shape index (κ2) is 11.7. The summed E-state index contributed by atoms with van der Waals surface area (Å²) in [6.45, 7) is 8.00. The van der Waals surface area contributed by atoms with Crippen molar-refractivity contribution in [3.63, 3.8) is 0 Å². The van der Waals surface area contributed by atoms with Crippen molar-refractivity contribution in [3.8, 4) is 0 Å². The molecule has 1 atom stereocenters. The zero-order valence-electron chi connectivity index (χ0n) is 23.6. The first-order chi connectivity index (χ1) is 19.3. The molecule has 1 aliphatic carbocycles. The Morgan fingerprint density at radius 3 is 1.49 bits per heavy atom. The topological polar surface area (TPSA) is 0 Å². The van der Waals surface area contributed by atoms with E-state index in [0.29, 0.717) is 5.92 Å². The van der Waals surface area contributed by atoms with Gasteiger partial charge in [-0.1, -0.05) is 155 Å². The SMILES string of the molecule is CC.CC.c1ccc(C2Cc3ccccc3C2(c2ccc3ccccc3c2)c2ccc3ccccc3c2)cc1. The minimum atomic E-state index is -0.272. The van der Waals surface area contributed by atoms with E-state index in [2.05, 4.69) is 140 Å². The lowest BCUT2D eigenvalue weighted by Gasteiger charge is -2.39. The van der Waals surface area contributed by atoms with Crippen LogP contribution in [0.1, 0.15) is 61.4 Å². The maximum atomic E-state index is 2.43. The van der Waals surface area contributed by atoms with Gasteiger partial charge in [0.1, 0.15) is 0 Å². The Bertz CT molecular complexity index is 1600. The van der Waals surface area contributed by atoms with E-state index in [0.717, 1.165) is 6.42 Å². The van der Waals surface area contributed by atoms with Crippen LogP contribution in [0.4, 0.5) is 0 Å². The lowest BCUT2D eigenvalue weighted by Crippen LogP contribution is -2.33. The molecule has 0 heteroatoms. The van der Waals surface area contributed by atoms with Crippen molar-refractivity contribution in [2.45, 2.75) is 45.4 Å². The van der Waals surface area contributed by atoms with Crippen molar-refractivity contribution < 1.29 is 0 Å². The highest BCUT2D eigenvalue weighted by atomic mass is 14.5. The molecule has 1 aliphatic rings. The molecule has 0 amide bonds. The van der Waals surface area contributed by atoms with Crippen LogP contribution in [0.25, 0.3) is 21.5 Å². The van der Waals surface area contributed by atoms with Crippen LogP contribution >= 0.6 is 0 Å². The summed E-state index contributed by atoms with van der Waals surface area (Å²) < 4.78 is 0. The summed E-state index contributed by atoms with van der Waals surface area (Å²) in [4.78, 5) is 0. The number of hydrogen-bond acceptors (Lipinski definition) is 0. The third kappa shape index (κ3) is 4.55. The van der Waals surface area contributed by atoms with E-state index in [4.69, 9.17) is 0 Å². The lowest BCUT2D eigenvalue weighted by atomic mass is 9.63. The monoisotopic (exact) mass is 506 g/mol. The highest BCUT2D eigenvalue weighted by Crippen LogP contribution is 2.57. The van der Waals surface area contributed by atoms with Crippen molar-refractivity contribution in [3.05, 3.63) is 167 Å². The van der Waals surface area contributed by atoms with Crippen molar-refractivity contribution >= 4 is 21.5 Å². The van der Waals surface area contributed by atoms with Crippen molar-refractivity contribution in [1.29, 1.82) is 0 Å². The van der Waals surface area contributed by atoms with E-state index < -0.39 is 0 Å². The van der Waals surface area contributed by atoms with Gasteiger partial charge in [0, 0.05) is 5.92 Å². The Hall–Kier alpha value is -4.16. The Morgan fingerprint density at radius 2 is 0.923 bits per heavy atom. The van der Waals surface area contributed by atoms with Crippen LogP contribution in [0, 0.1) is 0 Å². The summed E-state index contributed by atoms with van der Waals surface area (Å²) in [5.41, 5.74) is 6.73. The van der Waals surface area contributed by atoms with Crippen LogP contribution in [0.5, 0.6) is 0 Å². The molecule has 0 saturated carbocycles. The summed E-state index contributed by atoms with van der Waals surface area (Å²) >= 11 is 0. The zero-order chi connectivity index (χ0) is 27.2. The molecule has 0 aromatic heterocycles. The average molecular weight is 507 g/mol. The quantitative estimate of drug-likeness (QED) is 0.224. The van der Waals surface area contributed by atoms with E-state index in [1.54, 1.807) is 0 Å². The Balaban J connectivity index is 0.000000738. The number of hydrogen-bond donors (Lipinski definition) is 0. The molecule has 0 radical (unpaired) electrons. The minimum Gasteiger partial charge on any atom is -0.0683 e. The molecule has 0 fully saturated rings. The Morgan fingerprint density at radius 1 is 0.462 bits per heavy atom. The van der Waals surface area contributed by atoms with E-state index in [9.17, 15) is 0 Å². The van der Waals surface area contributed by atoms with Gasteiger partial charge in [-0.15, -0.1) is 0 Å². The van der Waals surface area contributed by atoms with Crippen LogP contribution in [0.3, 0.4) is 0 Å². The first-order valence-electron chi connectivity index (χ1n) is 14.5. The van der Waals surface area contributed by atoms with Crippen LogP contribution in [-0.2, 0) is 11.8 Å². The first-order valence-corrected chi connectivity index (χ1v) is 14.5. The van der Waals surface area contributed by atoms with Crippen LogP contribution < -0.4 is 0 Å². The Labute approximate surface area is 234 Å². The molecule has 6 aromatic rings. The highest BCUT2D eigenvalue weighted by molar-refractivity contribution is 5.86. The molecule has 0 aliphatic heterocycles. The number of fused-ring (bicyclic) bond motifs is 3. The molecule has 0 saturated heterocycles. The van der Waals surface area contributed by atoms with Crippen molar-refractivity contribution in [1.82, 2.24) is 0 Å². The van der Waals surface area contributed by atoms with Crippen molar-refractivity contribution in [2.24, 2.45) is 0 Å². The third-order valence-electron chi connectivity index (χ3n) is 8.00. The normalized spacial score (nSPS) is 15.0. The summed E-state index contributed by atoms with van der Waals surface area (Å²) in [5, 5.41) is 5.16. The van der Waals surface area contributed by atoms with Gasteiger partial charge in [0.15, 0.2) is 0 Å². The van der Waals surface area contributed by atoms with Gasteiger partial charge in [0.05, 0.1) is 5.41 Å². The molecule has 0 spiro atoms. The third-order valence-corrected chi connectivity index (χ3v) is 8.00. The molecule has 0 heterocycles. The number of rotatable bonds is 3. The van der Waals surface area contributed by atoms with Gasteiger partial charge in [0.2, 0.25) is 0 Å². The molecule has 39 heavy (non-hydrogen) atoms. The molecular formula is C39H38. The second-order valence-electron chi connectivity index (χ2n) is 9.76. The largest absolute Gasteiger partial charge is 0.0683 e. The molecule has 0 bridgehead atoms. The maximum Gasteiger partial charge on any atom is 0.0525 e. The van der Waals surface area contributed by atoms with Gasteiger partial charge >= 0.3 is 0 Å². The van der Waals surface area contributed by atoms with E-state index >= 15 is 0 Å². The first kappa shape index (κ1) is 26.4. The van der Waals surface area contributed by atoms with Gasteiger partial charge < -0.3 is 0 Å². The van der Waals surface area contributed by atoms with Crippen LogP contribution in [0.2, 0.25) is 0 Å². The maximum absolute atomic E-state index is 2.43. The fraction of sp³-hybridized carbons (Fsp3) is 0.179. The van der Waals surface area contributed by atoms with E-state index in [-0.39, 0.29) is 5.41 Å². The summed E-state index contributed by atoms with van der Waals surface area (Å²) in [7, 11) is 0. The second-order valence-corrected chi connectivity index (χ2v) is 9.76. The molecule has 0 N–H and O–H groups in total. The van der Waals surface area contributed by atoms with Gasteiger partial charge in [0.25, 0.3) is 0 Å². The fourth-order valence-corrected chi connectivity index (χ4v) is 6.45. The molecule has 0 nitrogen and oxygen atoms in total. The molecule has 7 rings (SSSR count). The molecule has 1 unspecified atom stereocenters. The average Bonchev–Trinajstić information content (AvgIpc) is 3.39. The smallest absolute Gasteiger partial charge is 0.0525 e. The van der Waals surface area contributed by atoms with Crippen LogP contribution in [0.15, 0.2) is 140 Å².